The lowest BCUT2D eigenvalue weighted by atomic mass is 9.78. The van der Waals surface area contributed by atoms with Crippen LogP contribution in [0, 0.1) is 0 Å². The Hall–Kier alpha value is -0.570. The van der Waals surface area contributed by atoms with E-state index in [0.29, 0.717) is 6.42 Å². The van der Waals surface area contributed by atoms with Crippen LogP contribution in [-0.4, -0.2) is 22.1 Å². The summed E-state index contributed by atoms with van der Waals surface area (Å²) in [7, 11) is 0. The van der Waals surface area contributed by atoms with Gasteiger partial charge in [-0.2, -0.15) is 0 Å². The van der Waals surface area contributed by atoms with Crippen LogP contribution in [0.5, 0.6) is 0 Å². The molecule has 52 valence electrons. The van der Waals surface area contributed by atoms with Gasteiger partial charge in [0.05, 0.1) is 5.60 Å². The number of nitrogens with zero attached hydrogens (tertiary/aromatic N) is 1. The molecule has 0 amide bonds. The zero-order chi connectivity index (χ0) is 6.74. The van der Waals surface area contributed by atoms with Gasteiger partial charge in [0.2, 0.25) is 0 Å². The first-order valence-corrected chi connectivity index (χ1v) is 3.15. The molecule has 3 nitrogen and oxygen atoms in total. The van der Waals surface area contributed by atoms with Crippen LogP contribution in [0.2, 0.25) is 0 Å². The average Bonchev–Trinajstić information content (AvgIpc) is 1.79. The van der Waals surface area contributed by atoms with Gasteiger partial charge < -0.3 is 10.3 Å². The molecule has 1 aliphatic carbocycles. The van der Waals surface area contributed by atoms with E-state index in [4.69, 9.17) is 5.21 Å². The fourth-order valence-corrected chi connectivity index (χ4v) is 1.000. The SMILES string of the molecule is ON=CCC1(O)CCC1. The largest absolute Gasteiger partial charge is 0.411 e. The Morgan fingerprint density at radius 2 is 2.22 bits per heavy atom. The minimum Gasteiger partial charge on any atom is -0.411 e. The van der Waals surface area contributed by atoms with Crippen LogP contribution in [0.25, 0.3) is 0 Å². The van der Waals surface area contributed by atoms with E-state index in [-0.39, 0.29) is 0 Å². The van der Waals surface area contributed by atoms with Crippen LogP contribution in [-0.2, 0) is 0 Å². The highest BCUT2D eigenvalue weighted by Crippen LogP contribution is 2.33. The Bertz CT molecular complexity index is 118. The van der Waals surface area contributed by atoms with E-state index in [1.54, 1.807) is 0 Å². The van der Waals surface area contributed by atoms with Crippen molar-refractivity contribution in [1.29, 1.82) is 0 Å². The van der Waals surface area contributed by atoms with Gasteiger partial charge in [0.15, 0.2) is 0 Å². The molecule has 0 aliphatic heterocycles. The normalized spacial score (nSPS) is 24.1. The van der Waals surface area contributed by atoms with Crippen molar-refractivity contribution < 1.29 is 10.3 Å². The monoisotopic (exact) mass is 129 g/mol. The molecule has 0 aromatic heterocycles. The second-order valence-electron chi connectivity index (χ2n) is 2.58. The Kier molecular flexibility index (Phi) is 1.71. The van der Waals surface area contributed by atoms with E-state index >= 15 is 0 Å². The molecule has 1 fully saturated rings. The first kappa shape index (κ1) is 6.55. The van der Waals surface area contributed by atoms with E-state index in [1.165, 1.54) is 6.21 Å². The van der Waals surface area contributed by atoms with Gasteiger partial charge in [0.25, 0.3) is 0 Å². The molecule has 0 saturated heterocycles. The van der Waals surface area contributed by atoms with Crippen LogP contribution in [0.15, 0.2) is 5.16 Å². The smallest absolute Gasteiger partial charge is 0.0698 e. The van der Waals surface area contributed by atoms with Crippen LogP contribution in [0.1, 0.15) is 25.7 Å². The first-order valence-electron chi connectivity index (χ1n) is 3.15. The predicted molar refractivity (Wildman–Crippen MR) is 33.7 cm³/mol. The third-order valence-electron chi connectivity index (χ3n) is 1.84. The van der Waals surface area contributed by atoms with Crippen molar-refractivity contribution in [2.45, 2.75) is 31.3 Å². The molecule has 0 radical (unpaired) electrons. The molecule has 1 saturated carbocycles. The first-order chi connectivity index (χ1) is 4.27. The van der Waals surface area contributed by atoms with Crippen molar-refractivity contribution in [3.63, 3.8) is 0 Å². The topological polar surface area (TPSA) is 52.8 Å². The quantitative estimate of drug-likeness (QED) is 0.328. The van der Waals surface area contributed by atoms with Crippen LogP contribution < -0.4 is 0 Å². The minimum atomic E-state index is -0.535. The molecule has 1 rings (SSSR count). The molecule has 2 N–H and O–H groups in total. The Morgan fingerprint density at radius 3 is 2.56 bits per heavy atom. The van der Waals surface area contributed by atoms with Gasteiger partial charge in [-0.15, -0.1) is 5.16 Å². The molecule has 0 heterocycles. The van der Waals surface area contributed by atoms with Gasteiger partial charge in [-0.25, -0.2) is 0 Å². The van der Waals surface area contributed by atoms with Gasteiger partial charge in [0.1, 0.15) is 0 Å². The molecule has 9 heavy (non-hydrogen) atoms. The molecule has 3 heteroatoms. The molecule has 0 bridgehead atoms. The van der Waals surface area contributed by atoms with Gasteiger partial charge in [0, 0.05) is 12.6 Å². The lowest BCUT2D eigenvalue weighted by Crippen LogP contribution is -2.36. The number of oxime groups is 1. The van der Waals surface area contributed by atoms with Gasteiger partial charge >= 0.3 is 0 Å². The third-order valence-corrected chi connectivity index (χ3v) is 1.84. The summed E-state index contributed by atoms with van der Waals surface area (Å²) in [5.74, 6) is 0. The van der Waals surface area contributed by atoms with Crippen molar-refractivity contribution >= 4 is 6.21 Å². The molecule has 0 spiro atoms. The van der Waals surface area contributed by atoms with E-state index in [9.17, 15) is 5.11 Å². The number of aliphatic hydroxyl groups is 1. The lowest BCUT2D eigenvalue weighted by Gasteiger charge is -2.35. The highest BCUT2D eigenvalue weighted by atomic mass is 16.4. The van der Waals surface area contributed by atoms with E-state index in [2.05, 4.69) is 5.16 Å². The van der Waals surface area contributed by atoms with Gasteiger partial charge in [-0.1, -0.05) is 0 Å². The highest BCUT2D eigenvalue weighted by molar-refractivity contribution is 5.58. The molecule has 0 aromatic rings. The summed E-state index contributed by atoms with van der Waals surface area (Å²) in [6, 6.07) is 0. The third kappa shape index (κ3) is 1.42. The second-order valence-corrected chi connectivity index (χ2v) is 2.58. The van der Waals surface area contributed by atoms with Crippen molar-refractivity contribution in [3.05, 3.63) is 0 Å². The molecular weight excluding hydrogens is 118 g/mol. The van der Waals surface area contributed by atoms with Crippen LogP contribution >= 0.6 is 0 Å². The van der Waals surface area contributed by atoms with E-state index < -0.39 is 5.60 Å². The van der Waals surface area contributed by atoms with Crippen molar-refractivity contribution in [2.24, 2.45) is 5.16 Å². The van der Waals surface area contributed by atoms with Crippen molar-refractivity contribution in [2.75, 3.05) is 0 Å². The van der Waals surface area contributed by atoms with Gasteiger partial charge in [-0.3, -0.25) is 0 Å². The summed E-state index contributed by atoms with van der Waals surface area (Å²) < 4.78 is 0. The second kappa shape index (κ2) is 2.35. The number of hydrogen-bond acceptors (Lipinski definition) is 3. The summed E-state index contributed by atoms with van der Waals surface area (Å²) in [6.45, 7) is 0. The fourth-order valence-electron chi connectivity index (χ4n) is 1.000. The van der Waals surface area contributed by atoms with E-state index in [1.807, 2.05) is 0 Å². The highest BCUT2D eigenvalue weighted by Gasteiger charge is 2.32. The molecule has 0 unspecified atom stereocenters. The maximum atomic E-state index is 9.34. The molecular formula is C6H11NO2. The van der Waals surface area contributed by atoms with Crippen molar-refractivity contribution in [3.8, 4) is 0 Å². The fraction of sp³-hybridized carbons (Fsp3) is 0.833. The maximum absolute atomic E-state index is 9.34. The standard InChI is InChI=1S/C6H11NO2/c8-6(2-1-3-6)4-5-7-9/h5,8-9H,1-4H2. The lowest BCUT2D eigenvalue weighted by molar-refractivity contribution is -0.0254. The zero-order valence-electron chi connectivity index (χ0n) is 5.25. The molecule has 1 aliphatic rings. The predicted octanol–water partition coefficient (Wildman–Crippen LogP) is 0.752. The summed E-state index contributed by atoms with van der Waals surface area (Å²) in [6.07, 6.45) is 4.62. The Morgan fingerprint density at radius 1 is 1.56 bits per heavy atom. The maximum Gasteiger partial charge on any atom is 0.0698 e. The Labute approximate surface area is 54.0 Å². The zero-order valence-corrected chi connectivity index (χ0v) is 5.25. The average molecular weight is 129 g/mol. The summed E-state index contributed by atoms with van der Waals surface area (Å²) in [4.78, 5) is 0. The minimum absolute atomic E-state index is 0.490. The molecule has 0 aromatic carbocycles. The molecule has 0 atom stereocenters. The Balaban J connectivity index is 2.24. The number of hydrogen-bond donors (Lipinski definition) is 2. The summed E-state index contributed by atoms with van der Waals surface area (Å²) >= 11 is 0. The van der Waals surface area contributed by atoms with E-state index in [0.717, 1.165) is 19.3 Å². The summed E-state index contributed by atoms with van der Waals surface area (Å²) in [5.41, 5.74) is -0.535. The van der Waals surface area contributed by atoms with Crippen molar-refractivity contribution in [1.82, 2.24) is 0 Å². The summed E-state index contributed by atoms with van der Waals surface area (Å²) in [5, 5.41) is 20.2. The van der Waals surface area contributed by atoms with Crippen LogP contribution in [0.4, 0.5) is 0 Å². The van der Waals surface area contributed by atoms with Gasteiger partial charge in [-0.05, 0) is 19.3 Å². The number of rotatable bonds is 2. The van der Waals surface area contributed by atoms with Crippen LogP contribution in [0.3, 0.4) is 0 Å².